The lowest BCUT2D eigenvalue weighted by molar-refractivity contribution is -0.359. The quantitative estimate of drug-likeness (QED) is 0.0520. The molecule has 2 aliphatic heterocycles. The standard InChI is InChI=1S/C34H61NO13/c1-3-5-7-9-11-12-13-15-17-23(38)22(35-26(39)18-16-14-10-8-6-4-2)21-45-33-31(44)29(42)32(25(20-37)47-33)48-34-30(43)28(41)27(40)24(19-36)46-34/h9,11,15,17,22-25,27-34,36-38,40-44H,3-8,10,12-14,16,18-21H2,1-2H3,(H,35,39)/b11-9+,17-15+. The topological polar surface area (TPSA) is 228 Å². The first kappa shape index (κ1) is 42.6. The van der Waals surface area contributed by atoms with Gasteiger partial charge < -0.3 is 65.1 Å². The summed E-state index contributed by atoms with van der Waals surface area (Å²) in [6.45, 7) is 2.54. The van der Waals surface area contributed by atoms with Gasteiger partial charge in [0.25, 0.3) is 0 Å². The fourth-order valence-corrected chi connectivity index (χ4v) is 5.58. The Hall–Kier alpha value is -1.53. The number of aliphatic hydroxyl groups is 8. The van der Waals surface area contributed by atoms with Crippen LogP contribution in [0.2, 0.25) is 0 Å². The van der Waals surface area contributed by atoms with Crippen LogP contribution in [0, 0.1) is 0 Å². The summed E-state index contributed by atoms with van der Waals surface area (Å²) in [5, 5.41) is 85.5. The monoisotopic (exact) mass is 691 g/mol. The maximum absolute atomic E-state index is 12.8. The summed E-state index contributed by atoms with van der Waals surface area (Å²) in [7, 11) is 0. The van der Waals surface area contributed by atoms with Crippen molar-refractivity contribution in [3.05, 3.63) is 24.3 Å². The van der Waals surface area contributed by atoms with Crippen molar-refractivity contribution in [2.75, 3.05) is 19.8 Å². The first-order valence-electron chi connectivity index (χ1n) is 17.6. The van der Waals surface area contributed by atoms with Crippen LogP contribution < -0.4 is 5.32 Å². The lowest BCUT2D eigenvalue weighted by atomic mass is 9.97. The van der Waals surface area contributed by atoms with Crippen LogP contribution in [-0.4, -0.2) is 140 Å². The summed E-state index contributed by atoms with van der Waals surface area (Å²) < 4.78 is 22.4. The third kappa shape index (κ3) is 14.0. The molecule has 0 bridgehead atoms. The second kappa shape index (κ2) is 23.8. The van der Waals surface area contributed by atoms with E-state index in [9.17, 15) is 45.6 Å². The predicted octanol–water partition coefficient (Wildman–Crippen LogP) is 0.306. The molecule has 14 nitrogen and oxygen atoms in total. The molecule has 48 heavy (non-hydrogen) atoms. The van der Waals surface area contributed by atoms with Gasteiger partial charge in [0.05, 0.1) is 32.0 Å². The zero-order chi connectivity index (χ0) is 35.5. The average molecular weight is 692 g/mol. The average Bonchev–Trinajstić information content (AvgIpc) is 3.08. The zero-order valence-electron chi connectivity index (χ0n) is 28.5. The van der Waals surface area contributed by atoms with Gasteiger partial charge in [0.2, 0.25) is 5.91 Å². The summed E-state index contributed by atoms with van der Waals surface area (Å²) in [6, 6.07) is -0.919. The molecular formula is C34H61NO13. The lowest BCUT2D eigenvalue weighted by Crippen LogP contribution is -2.65. The first-order valence-corrected chi connectivity index (χ1v) is 17.6. The van der Waals surface area contributed by atoms with Gasteiger partial charge in [-0.3, -0.25) is 4.79 Å². The molecule has 280 valence electrons. The van der Waals surface area contributed by atoms with Crippen molar-refractivity contribution in [1.29, 1.82) is 0 Å². The SMILES string of the molecule is CCCC/C=C/CC/C=C/C(O)C(COC1OC(CO)C(OC2OC(CO)C(O)C(O)C2O)C(O)C1O)NC(=O)CCCCCCCC. The molecule has 12 unspecified atom stereocenters. The first-order chi connectivity index (χ1) is 23.1. The van der Waals surface area contributed by atoms with E-state index in [1.165, 1.54) is 0 Å². The molecule has 2 aliphatic rings. The van der Waals surface area contributed by atoms with Crippen molar-refractivity contribution in [3.8, 4) is 0 Å². The number of aliphatic hydroxyl groups excluding tert-OH is 8. The minimum atomic E-state index is -1.78. The van der Waals surface area contributed by atoms with Crippen molar-refractivity contribution in [2.45, 2.75) is 164 Å². The van der Waals surface area contributed by atoms with E-state index in [4.69, 9.17) is 18.9 Å². The zero-order valence-corrected chi connectivity index (χ0v) is 28.5. The second-order valence-electron chi connectivity index (χ2n) is 12.6. The fourth-order valence-electron chi connectivity index (χ4n) is 5.58. The molecule has 2 heterocycles. The number of nitrogens with one attached hydrogen (secondary N) is 1. The third-order valence-corrected chi connectivity index (χ3v) is 8.64. The second-order valence-corrected chi connectivity index (χ2v) is 12.6. The van der Waals surface area contributed by atoms with Crippen molar-refractivity contribution in [2.24, 2.45) is 0 Å². The smallest absolute Gasteiger partial charge is 0.220 e. The molecule has 1 amide bonds. The summed E-state index contributed by atoms with van der Waals surface area (Å²) >= 11 is 0. The fraction of sp³-hybridized carbons (Fsp3) is 0.853. The molecule has 0 aromatic heterocycles. The Morgan fingerprint density at radius 1 is 0.729 bits per heavy atom. The molecule has 0 spiro atoms. The number of carbonyl (C=O) groups excluding carboxylic acids is 1. The number of unbranched alkanes of at least 4 members (excludes halogenated alkanes) is 8. The highest BCUT2D eigenvalue weighted by molar-refractivity contribution is 5.76. The number of ether oxygens (including phenoxy) is 4. The van der Waals surface area contributed by atoms with E-state index in [0.717, 1.165) is 57.8 Å². The lowest BCUT2D eigenvalue weighted by Gasteiger charge is -2.46. The Labute approximate surface area is 284 Å². The molecule has 2 fully saturated rings. The van der Waals surface area contributed by atoms with Crippen LogP contribution >= 0.6 is 0 Å². The molecule has 9 N–H and O–H groups in total. The van der Waals surface area contributed by atoms with Crippen molar-refractivity contribution < 1.29 is 64.6 Å². The van der Waals surface area contributed by atoms with Crippen molar-refractivity contribution in [1.82, 2.24) is 5.32 Å². The Kier molecular flexibility index (Phi) is 21.1. The van der Waals surface area contributed by atoms with E-state index in [1.807, 2.05) is 6.08 Å². The Morgan fingerprint density at radius 2 is 1.33 bits per heavy atom. The van der Waals surface area contributed by atoms with Gasteiger partial charge in [-0.15, -0.1) is 0 Å². The van der Waals surface area contributed by atoms with E-state index in [2.05, 4.69) is 31.3 Å². The molecule has 12 atom stereocenters. The Morgan fingerprint density at radius 3 is 2.02 bits per heavy atom. The number of rotatable bonds is 23. The van der Waals surface area contributed by atoms with E-state index < -0.39 is 86.8 Å². The molecule has 0 aliphatic carbocycles. The van der Waals surface area contributed by atoms with Crippen molar-refractivity contribution >= 4 is 5.91 Å². The van der Waals surface area contributed by atoms with E-state index in [-0.39, 0.29) is 18.9 Å². The van der Waals surface area contributed by atoms with Crippen molar-refractivity contribution in [3.63, 3.8) is 0 Å². The summed E-state index contributed by atoms with van der Waals surface area (Å²) in [5.74, 6) is -0.267. The molecule has 2 saturated heterocycles. The molecule has 14 heteroatoms. The van der Waals surface area contributed by atoms with E-state index in [1.54, 1.807) is 6.08 Å². The van der Waals surface area contributed by atoms with Crippen LogP contribution in [0.5, 0.6) is 0 Å². The Bertz CT molecular complexity index is 919. The number of hydrogen-bond acceptors (Lipinski definition) is 13. The minimum absolute atomic E-state index is 0.267. The van der Waals surface area contributed by atoms with Crippen LogP contribution in [0.25, 0.3) is 0 Å². The normalized spacial score (nSPS) is 32.5. The molecular weight excluding hydrogens is 630 g/mol. The Balaban J connectivity index is 2.03. The molecule has 2 rings (SSSR count). The number of allylic oxidation sites excluding steroid dienone is 3. The number of hydrogen-bond donors (Lipinski definition) is 9. The highest BCUT2D eigenvalue weighted by atomic mass is 16.7. The van der Waals surface area contributed by atoms with Crippen LogP contribution in [0.15, 0.2) is 24.3 Å². The summed E-state index contributed by atoms with van der Waals surface area (Å²) in [5.41, 5.74) is 0. The highest BCUT2D eigenvalue weighted by Crippen LogP contribution is 2.29. The highest BCUT2D eigenvalue weighted by Gasteiger charge is 2.50. The minimum Gasteiger partial charge on any atom is -0.394 e. The summed E-state index contributed by atoms with van der Waals surface area (Å²) in [4.78, 5) is 12.8. The number of amides is 1. The van der Waals surface area contributed by atoms with Gasteiger partial charge in [-0.05, 0) is 25.7 Å². The molecule has 0 saturated carbocycles. The third-order valence-electron chi connectivity index (χ3n) is 8.64. The maximum atomic E-state index is 12.8. The van der Waals surface area contributed by atoms with Crippen LogP contribution in [0.1, 0.15) is 90.9 Å². The van der Waals surface area contributed by atoms with Crippen LogP contribution in [-0.2, 0) is 23.7 Å². The molecule has 0 aromatic carbocycles. The van der Waals surface area contributed by atoms with Gasteiger partial charge in [0.15, 0.2) is 12.6 Å². The van der Waals surface area contributed by atoms with Gasteiger partial charge >= 0.3 is 0 Å². The summed E-state index contributed by atoms with van der Waals surface area (Å²) in [6.07, 6.45) is 1.70. The van der Waals surface area contributed by atoms with Crippen LogP contribution in [0.3, 0.4) is 0 Å². The molecule has 0 radical (unpaired) electrons. The number of carbonyl (C=O) groups is 1. The van der Waals surface area contributed by atoms with Gasteiger partial charge in [0, 0.05) is 6.42 Å². The molecule has 0 aromatic rings. The van der Waals surface area contributed by atoms with Gasteiger partial charge in [0.1, 0.15) is 48.8 Å². The predicted molar refractivity (Wildman–Crippen MR) is 175 cm³/mol. The van der Waals surface area contributed by atoms with Gasteiger partial charge in [-0.2, -0.15) is 0 Å². The van der Waals surface area contributed by atoms with E-state index in [0.29, 0.717) is 12.8 Å². The van der Waals surface area contributed by atoms with E-state index >= 15 is 0 Å². The van der Waals surface area contributed by atoms with Crippen LogP contribution in [0.4, 0.5) is 0 Å². The van der Waals surface area contributed by atoms with Gasteiger partial charge in [-0.1, -0.05) is 83.1 Å². The largest absolute Gasteiger partial charge is 0.394 e. The van der Waals surface area contributed by atoms with Gasteiger partial charge in [-0.25, -0.2) is 0 Å². The maximum Gasteiger partial charge on any atom is 0.220 e.